The van der Waals surface area contributed by atoms with Crippen molar-refractivity contribution in [2.75, 3.05) is 0 Å². The van der Waals surface area contributed by atoms with Gasteiger partial charge in [-0.2, -0.15) is 5.10 Å². The third kappa shape index (κ3) is 2.92. The highest BCUT2D eigenvalue weighted by atomic mass is 79.9. The molecule has 1 aromatic heterocycles. The molecule has 0 unspecified atom stereocenters. The lowest BCUT2D eigenvalue weighted by Crippen LogP contribution is -1.99. The van der Waals surface area contributed by atoms with Gasteiger partial charge in [0.25, 0.3) is 0 Å². The fourth-order valence-electron chi connectivity index (χ4n) is 2.15. The Morgan fingerprint density at radius 3 is 2.57 bits per heavy atom. The minimum absolute atomic E-state index is 0.284. The van der Waals surface area contributed by atoms with Crippen LogP contribution in [0.5, 0.6) is 0 Å². The first-order valence-corrected chi connectivity index (χ1v) is 7.63. The Morgan fingerprint density at radius 2 is 1.91 bits per heavy atom. The third-order valence-corrected chi connectivity index (χ3v) is 4.23. The van der Waals surface area contributed by atoms with E-state index < -0.39 is 11.6 Å². The van der Waals surface area contributed by atoms with Crippen LogP contribution in [0.4, 0.5) is 8.78 Å². The zero-order valence-electron chi connectivity index (χ0n) is 11.4. The van der Waals surface area contributed by atoms with Crippen molar-refractivity contribution in [2.24, 2.45) is 0 Å². The third-order valence-electron chi connectivity index (χ3n) is 3.23. The number of halogens is 4. The van der Waals surface area contributed by atoms with Gasteiger partial charge in [0.05, 0.1) is 11.3 Å². The summed E-state index contributed by atoms with van der Waals surface area (Å²) in [6.07, 6.45) is 0.643. The Kier molecular flexibility index (Phi) is 4.28. The molecular weight excluding hydrogens is 390 g/mol. The van der Waals surface area contributed by atoms with Crippen molar-refractivity contribution < 1.29 is 13.6 Å². The van der Waals surface area contributed by atoms with Crippen LogP contribution in [-0.2, 0) is 0 Å². The number of carbonyl (C=O) groups excluding carboxylic acids is 1. The Morgan fingerprint density at radius 1 is 1.13 bits per heavy atom. The van der Waals surface area contributed by atoms with Crippen molar-refractivity contribution in [1.29, 1.82) is 0 Å². The molecule has 7 heteroatoms. The van der Waals surface area contributed by atoms with Gasteiger partial charge in [0, 0.05) is 16.7 Å². The summed E-state index contributed by atoms with van der Waals surface area (Å²) in [5.41, 5.74) is 1.60. The van der Waals surface area contributed by atoms with Crippen molar-refractivity contribution in [3.8, 4) is 16.9 Å². The Bertz CT molecular complexity index is 911. The van der Waals surface area contributed by atoms with Crippen LogP contribution in [0, 0.1) is 11.6 Å². The lowest BCUT2D eigenvalue weighted by atomic mass is 10.1. The first-order chi connectivity index (χ1) is 11.0. The molecule has 0 N–H and O–H groups in total. The standard InChI is InChI=1S/C16H8BrClF2N2O/c17-16-12(8-23)15(9-2-1-3-10(18)6-9)21-22(16)11-4-5-13(19)14(20)7-11/h1-8H. The fourth-order valence-corrected chi connectivity index (χ4v) is 2.91. The zero-order chi connectivity index (χ0) is 16.6. The Labute approximate surface area is 143 Å². The van der Waals surface area contributed by atoms with E-state index >= 15 is 0 Å². The van der Waals surface area contributed by atoms with Gasteiger partial charge in [0.2, 0.25) is 0 Å². The molecule has 3 nitrogen and oxygen atoms in total. The van der Waals surface area contributed by atoms with E-state index in [1.54, 1.807) is 24.3 Å². The van der Waals surface area contributed by atoms with E-state index in [1.807, 2.05) is 0 Å². The number of nitrogens with zero attached hydrogens (tertiary/aromatic N) is 2. The normalized spacial score (nSPS) is 10.8. The lowest BCUT2D eigenvalue weighted by molar-refractivity contribution is 0.112. The summed E-state index contributed by atoms with van der Waals surface area (Å²) < 4.78 is 28.2. The van der Waals surface area contributed by atoms with E-state index in [4.69, 9.17) is 11.6 Å². The molecule has 0 fully saturated rings. The summed E-state index contributed by atoms with van der Waals surface area (Å²) in [5, 5.41) is 4.82. The van der Waals surface area contributed by atoms with Gasteiger partial charge in [0.15, 0.2) is 17.9 Å². The van der Waals surface area contributed by atoms with Crippen LogP contribution in [0.1, 0.15) is 10.4 Å². The highest BCUT2D eigenvalue weighted by Gasteiger charge is 2.19. The smallest absolute Gasteiger partial charge is 0.160 e. The molecule has 0 bridgehead atoms. The van der Waals surface area contributed by atoms with Gasteiger partial charge < -0.3 is 0 Å². The van der Waals surface area contributed by atoms with Crippen LogP contribution in [0.25, 0.3) is 16.9 Å². The van der Waals surface area contributed by atoms with Crippen molar-refractivity contribution in [3.63, 3.8) is 0 Å². The maximum atomic E-state index is 13.4. The fraction of sp³-hybridized carbons (Fsp3) is 0. The van der Waals surface area contributed by atoms with E-state index in [0.29, 0.717) is 27.2 Å². The minimum atomic E-state index is -0.998. The van der Waals surface area contributed by atoms with E-state index in [9.17, 15) is 13.6 Å². The number of hydrogen-bond acceptors (Lipinski definition) is 2. The molecule has 0 aliphatic heterocycles. The maximum absolute atomic E-state index is 13.4. The van der Waals surface area contributed by atoms with Crippen LogP contribution in [0.3, 0.4) is 0 Å². The largest absolute Gasteiger partial charge is 0.298 e. The number of aromatic nitrogens is 2. The number of benzene rings is 2. The van der Waals surface area contributed by atoms with E-state index in [-0.39, 0.29) is 11.3 Å². The summed E-state index contributed by atoms with van der Waals surface area (Å²) in [7, 11) is 0. The average Bonchev–Trinajstić information content (AvgIpc) is 2.87. The van der Waals surface area contributed by atoms with E-state index in [2.05, 4.69) is 21.0 Å². The second-order valence-corrected chi connectivity index (χ2v) is 5.88. The molecule has 116 valence electrons. The summed E-state index contributed by atoms with van der Waals surface area (Å²) in [6, 6.07) is 10.2. The average molecular weight is 398 g/mol. The van der Waals surface area contributed by atoms with Crippen molar-refractivity contribution in [2.45, 2.75) is 0 Å². The molecule has 0 amide bonds. The molecule has 0 aliphatic carbocycles. The molecule has 0 saturated heterocycles. The Balaban J connectivity index is 2.20. The zero-order valence-corrected chi connectivity index (χ0v) is 13.8. The molecular formula is C16H8BrClF2N2O. The maximum Gasteiger partial charge on any atom is 0.160 e. The number of carbonyl (C=O) groups is 1. The Hall–Kier alpha value is -2.05. The van der Waals surface area contributed by atoms with Crippen LogP contribution in [0.2, 0.25) is 5.02 Å². The van der Waals surface area contributed by atoms with E-state index in [1.165, 1.54) is 10.7 Å². The highest BCUT2D eigenvalue weighted by molar-refractivity contribution is 9.10. The lowest BCUT2D eigenvalue weighted by Gasteiger charge is -2.03. The molecule has 2 aromatic carbocycles. The summed E-state index contributed by atoms with van der Waals surface area (Å²) in [5.74, 6) is -1.95. The number of aldehydes is 1. The second-order valence-electron chi connectivity index (χ2n) is 4.69. The molecule has 0 aliphatic rings. The van der Waals surface area contributed by atoms with Crippen LogP contribution >= 0.6 is 27.5 Å². The SMILES string of the molecule is O=Cc1c(-c2cccc(Cl)c2)nn(-c2ccc(F)c(F)c2)c1Br. The summed E-state index contributed by atoms with van der Waals surface area (Å²) in [4.78, 5) is 11.4. The molecule has 1 heterocycles. The van der Waals surface area contributed by atoms with Crippen LogP contribution < -0.4 is 0 Å². The van der Waals surface area contributed by atoms with E-state index in [0.717, 1.165) is 12.1 Å². The van der Waals surface area contributed by atoms with Crippen LogP contribution in [-0.4, -0.2) is 16.1 Å². The molecule has 0 atom stereocenters. The minimum Gasteiger partial charge on any atom is -0.298 e. The van der Waals surface area contributed by atoms with Crippen molar-refractivity contribution in [3.05, 3.63) is 69.3 Å². The number of hydrogen-bond donors (Lipinski definition) is 0. The first-order valence-electron chi connectivity index (χ1n) is 6.46. The topological polar surface area (TPSA) is 34.9 Å². The molecule has 0 spiro atoms. The van der Waals surface area contributed by atoms with Gasteiger partial charge in [-0.05, 0) is 40.2 Å². The van der Waals surface area contributed by atoms with Gasteiger partial charge in [-0.1, -0.05) is 23.7 Å². The molecule has 3 rings (SSSR count). The first kappa shape index (κ1) is 15.8. The van der Waals surface area contributed by atoms with Gasteiger partial charge in [-0.15, -0.1) is 0 Å². The van der Waals surface area contributed by atoms with Gasteiger partial charge in [-0.25, -0.2) is 13.5 Å². The van der Waals surface area contributed by atoms with Crippen molar-refractivity contribution in [1.82, 2.24) is 9.78 Å². The van der Waals surface area contributed by atoms with Gasteiger partial charge in [0.1, 0.15) is 10.3 Å². The van der Waals surface area contributed by atoms with Crippen LogP contribution in [0.15, 0.2) is 47.1 Å². The molecule has 3 aromatic rings. The second kappa shape index (κ2) is 6.22. The quantitative estimate of drug-likeness (QED) is 0.580. The summed E-state index contributed by atoms with van der Waals surface area (Å²) in [6.45, 7) is 0. The number of rotatable bonds is 3. The molecule has 23 heavy (non-hydrogen) atoms. The van der Waals surface area contributed by atoms with Gasteiger partial charge >= 0.3 is 0 Å². The van der Waals surface area contributed by atoms with Gasteiger partial charge in [-0.3, -0.25) is 4.79 Å². The highest BCUT2D eigenvalue weighted by Crippen LogP contribution is 2.31. The predicted molar refractivity (Wildman–Crippen MR) is 87.0 cm³/mol. The monoisotopic (exact) mass is 396 g/mol. The predicted octanol–water partition coefficient (Wildman–Crippen LogP) is 5.05. The summed E-state index contributed by atoms with van der Waals surface area (Å²) >= 11 is 9.24. The molecule has 0 saturated carbocycles. The van der Waals surface area contributed by atoms with Crippen molar-refractivity contribution >= 4 is 33.8 Å². The molecule has 0 radical (unpaired) electrons.